The fourth-order valence-electron chi connectivity index (χ4n) is 1.69. The Morgan fingerprint density at radius 1 is 1.35 bits per heavy atom. The molecule has 1 rings (SSSR count). The summed E-state index contributed by atoms with van der Waals surface area (Å²) in [6, 6.07) is 5.96. The van der Waals surface area contributed by atoms with Crippen molar-refractivity contribution in [2.45, 2.75) is 31.0 Å². The summed E-state index contributed by atoms with van der Waals surface area (Å²) < 4.78 is 23.0. The number of sulfonamides is 1. The van der Waals surface area contributed by atoms with Gasteiger partial charge in [0.1, 0.15) is 0 Å². The van der Waals surface area contributed by atoms with E-state index in [-0.39, 0.29) is 4.90 Å². The molecule has 17 heavy (non-hydrogen) atoms. The maximum Gasteiger partial charge on any atom is 0.238 e. The molecule has 6 heteroatoms. The molecule has 0 amide bonds. The van der Waals surface area contributed by atoms with E-state index >= 15 is 0 Å². The van der Waals surface area contributed by atoms with E-state index in [9.17, 15) is 8.42 Å². The average molecular weight is 292 g/mol. The van der Waals surface area contributed by atoms with Gasteiger partial charge in [-0.05, 0) is 24.6 Å². The van der Waals surface area contributed by atoms with Gasteiger partial charge in [0.25, 0.3) is 0 Å². The molecule has 0 aliphatic carbocycles. The minimum atomic E-state index is -3.65. The van der Waals surface area contributed by atoms with Gasteiger partial charge in [-0.2, -0.15) is 0 Å². The van der Waals surface area contributed by atoms with Gasteiger partial charge < -0.3 is 0 Å². The Hall–Kier alpha value is -0.363. The molecule has 1 aromatic carbocycles. The number of hydrogen-bond donors (Lipinski definition) is 1. The molecule has 0 radical (unpaired) electrons. The van der Waals surface area contributed by atoms with Crippen LogP contribution in [-0.2, 0) is 16.1 Å². The van der Waals surface area contributed by atoms with Gasteiger partial charge in [-0.1, -0.05) is 30.8 Å². The van der Waals surface area contributed by atoms with Crippen LogP contribution in [0.15, 0.2) is 23.1 Å². The van der Waals surface area contributed by atoms with E-state index in [0.717, 1.165) is 17.2 Å². The van der Waals surface area contributed by atoms with Crippen LogP contribution in [0.3, 0.4) is 0 Å². The van der Waals surface area contributed by atoms with Crippen molar-refractivity contribution in [2.75, 3.05) is 5.50 Å². The Labute approximate surface area is 109 Å². The van der Waals surface area contributed by atoms with E-state index in [0.29, 0.717) is 5.50 Å². The summed E-state index contributed by atoms with van der Waals surface area (Å²) in [4.78, 5) is 0.230. The van der Waals surface area contributed by atoms with Gasteiger partial charge in [-0.3, -0.25) is 0 Å². The van der Waals surface area contributed by atoms with E-state index < -0.39 is 18.1 Å². The van der Waals surface area contributed by atoms with Crippen molar-refractivity contribution in [3.05, 3.63) is 29.3 Å². The molecule has 0 bridgehead atoms. The van der Waals surface area contributed by atoms with Gasteiger partial charge in [0.05, 0.1) is 13.0 Å². The van der Waals surface area contributed by atoms with Gasteiger partial charge in [-0.15, -0.1) is 11.6 Å². The number of aryl methyl sites for hydroxylation is 1. The Kier molecular flexibility index (Phi) is 4.41. The highest BCUT2D eigenvalue weighted by atomic mass is 35.5. The lowest BCUT2D eigenvalue weighted by molar-refractivity contribution is 0.597. The number of rotatable bonds is 4. The standard InChI is InChI=1S/C11H18ClNO2SSi/c1-9-4-5-11(16(13,14)15)10(6-9)7-17(2,3)8-12/h4-6H,7-8H2,1-3H3,(H2,13,14,15). The third-order valence-corrected chi connectivity index (χ3v) is 7.80. The minimum Gasteiger partial charge on any atom is -0.225 e. The predicted molar refractivity (Wildman–Crippen MR) is 74.5 cm³/mol. The second kappa shape index (κ2) is 5.10. The molecule has 0 aliphatic heterocycles. The van der Waals surface area contributed by atoms with Crippen LogP contribution in [0.2, 0.25) is 13.1 Å². The first-order valence-corrected chi connectivity index (χ1v) is 10.8. The Balaban J connectivity index is 3.27. The number of hydrogen-bond acceptors (Lipinski definition) is 2. The molecule has 0 aliphatic rings. The van der Waals surface area contributed by atoms with Crippen molar-refractivity contribution in [3.63, 3.8) is 0 Å². The van der Waals surface area contributed by atoms with Crippen molar-refractivity contribution in [1.82, 2.24) is 0 Å². The second-order valence-electron chi connectivity index (χ2n) is 5.13. The summed E-state index contributed by atoms with van der Waals surface area (Å²) in [7, 11) is -5.26. The third kappa shape index (κ3) is 4.10. The largest absolute Gasteiger partial charge is 0.238 e. The summed E-state index contributed by atoms with van der Waals surface area (Å²) in [6.45, 7) is 6.20. The number of halogens is 1. The van der Waals surface area contributed by atoms with Crippen LogP contribution in [0.5, 0.6) is 0 Å². The molecular formula is C11H18ClNO2SSi. The molecule has 0 atom stereocenters. The predicted octanol–water partition coefficient (Wildman–Crippen LogP) is 2.21. The maximum atomic E-state index is 11.5. The molecule has 0 fully saturated rings. The third-order valence-electron chi connectivity index (χ3n) is 2.55. The molecule has 0 saturated carbocycles. The topological polar surface area (TPSA) is 60.2 Å². The van der Waals surface area contributed by atoms with Crippen molar-refractivity contribution in [1.29, 1.82) is 0 Å². The summed E-state index contributed by atoms with van der Waals surface area (Å²) in [5.41, 5.74) is 2.43. The van der Waals surface area contributed by atoms with Crippen LogP contribution in [0, 0.1) is 6.92 Å². The highest BCUT2D eigenvalue weighted by Gasteiger charge is 2.24. The quantitative estimate of drug-likeness (QED) is 0.683. The monoisotopic (exact) mass is 291 g/mol. The molecule has 0 aromatic heterocycles. The Morgan fingerprint density at radius 3 is 2.41 bits per heavy atom. The van der Waals surface area contributed by atoms with E-state index in [4.69, 9.17) is 16.7 Å². The fraction of sp³-hybridized carbons (Fsp3) is 0.455. The number of benzene rings is 1. The van der Waals surface area contributed by atoms with E-state index in [2.05, 4.69) is 13.1 Å². The Bertz CT molecular complexity index is 514. The zero-order valence-corrected chi connectivity index (χ0v) is 12.9. The van der Waals surface area contributed by atoms with E-state index in [1.165, 1.54) is 0 Å². The lowest BCUT2D eigenvalue weighted by Gasteiger charge is -2.20. The lowest BCUT2D eigenvalue weighted by atomic mass is 10.2. The molecule has 1 aromatic rings. The zero-order valence-electron chi connectivity index (χ0n) is 10.3. The molecule has 0 heterocycles. The van der Waals surface area contributed by atoms with Gasteiger partial charge in [0.2, 0.25) is 10.0 Å². The van der Waals surface area contributed by atoms with Crippen molar-refractivity contribution >= 4 is 29.7 Å². The summed E-state index contributed by atoms with van der Waals surface area (Å²) in [5, 5.41) is 5.22. The smallest absolute Gasteiger partial charge is 0.225 e. The lowest BCUT2D eigenvalue weighted by Crippen LogP contribution is -2.33. The molecule has 2 N–H and O–H groups in total. The highest BCUT2D eigenvalue weighted by Crippen LogP contribution is 2.21. The minimum absolute atomic E-state index is 0.230. The molecule has 3 nitrogen and oxygen atoms in total. The number of nitrogens with two attached hydrogens (primary N) is 1. The highest BCUT2D eigenvalue weighted by molar-refractivity contribution is 7.89. The van der Waals surface area contributed by atoms with Crippen molar-refractivity contribution in [2.24, 2.45) is 5.14 Å². The SMILES string of the molecule is Cc1ccc(S(N)(=O)=O)c(C[Si](C)(C)CCl)c1. The first-order valence-electron chi connectivity index (χ1n) is 5.34. The van der Waals surface area contributed by atoms with Crippen LogP contribution in [-0.4, -0.2) is 22.0 Å². The molecule has 0 saturated heterocycles. The number of alkyl halides is 1. The Morgan fingerprint density at radius 2 is 1.94 bits per heavy atom. The van der Waals surface area contributed by atoms with Crippen LogP contribution in [0.25, 0.3) is 0 Å². The molecular weight excluding hydrogens is 274 g/mol. The van der Waals surface area contributed by atoms with Crippen LogP contribution in [0.4, 0.5) is 0 Å². The van der Waals surface area contributed by atoms with Crippen LogP contribution in [0.1, 0.15) is 11.1 Å². The zero-order chi connectivity index (χ0) is 13.3. The summed E-state index contributed by atoms with van der Waals surface area (Å²) >= 11 is 5.93. The molecule has 0 unspecified atom stereocenters. The first-order chi connectivity index (χ1) is 7.65. The summed E-state index contributed by atoms with van der Waals surface area (Å²) in [6.07, 6.45) is 0. The number of primary sulfonamides is 1. The maximum absolute atomic E-state index is 11.5. The second-order valence-corrected chi connectivity index (χ2v) is 12.4. The average Bonchev–Trinajstić information content (AvgIpc) is 2.15. The fourth-order valence-corrected chi connectivity index (χ4v) is 4.27. The van der Waals surface area contributed by atoms with Gasteiger partial charge in [0, 0.05) is 5.50 Å². The van der Waals surface area contributed by atoms with Crippen LogP contribution < -0.4 is 5.14 Å². The van der Waals surface area contributed by atoms with Crippen molar-refractivity contribution in [3.8, 4) is 0 Å². The van der Waals surface area contributed by atoms with Gasteiger partial charge in [0.15, 0.2) is 0 Å². The molecule has 96 valence electrons. The normalized spacial score (nSPS) is 12.8. The van der Waals surface area contributed by atoms with Gasteiger partial charge >= 0.3 is 0 Å². The van der Waals surface area contributed by atoms with Gasteiger partial charge in [-0.25, -0.2) is 13.6 Å². The first kappa shape index (κ1) is 14.7. The van der Waals surface area contributed by atoms with E-state index in [1.807, 2.05) is 13.0 Å². The van der Waals surface area contributed by atoms with Crippen molar-refractivity contribution < 1.29 is 8.42 Å². The summed E-state index contributed by atoms with van der Waals surface area (Å²) in [5.74, 6) is 0. The van der Waals surface area contributed by atoms with E-state index in [1.54, 1.807) is 12.1 Å². The molecule has 0 spiro atoms. The van der Waals surface area contributed by atoms with Crippen LogP contribution >= 0.6 is 11.6 Å².